The van der Waals surface area contributed by atoms with Gasteiger partial charge in [0.1, 0.15) is 5.76 Å². The number of amides is 2. The van der Waals surface area contributed by atoms with Gasteiger partial charge in [-0.05, 0) is 30.7 Å². The van der Waals surface area contributed by atoms with E-state index >= 15 is 0 Å². The Balaban J connectivity index is 2.04. The van der Waals surface area contributed by atoms with Gasteiger partial charge in [0.05, 0.1) is 24.1 Å². The molecule has 0 spiro atoms. The van der Waals surface area contributed by atoms with Crippen LogP contribution < -0.4 is 10.6 Å². The highest BCUT2D eigenvalue weighted by Crippen LogP contribution is 2.15. The summed E-state index contributed by atoms with van der Waals surface area (Å²) in [6.45, 7) is 2.24. The molecule has 1 aromatic carbocycles. The molecule has 0 radical (unpaired) electrons. The van der Waals surface area contributed by atoms with Crippen LogP contribution in [0, 0.1) is 0 Å². The van der Waals surface area contributed by atoms with Crippen molar-refractivity contribution in [2.75, 3.05) is 5.32 Å². The Bertz CT molecular complexity index is 606. The zero-order chi connectivity index (χ0) is 15.1. The van der Waals surface area contributed by atoms with E-state index in [1.807, 2.05) is 6.92 Å². The lowest BCUT2D eigenvalue weighted by Crippen LogP contribution is -2.24. The standard InChI is InChI=1S/C16H18N2O3/c1-2-6-15(19)18-14-9-4-3-8-13(14)16(20)17-11-12-7-5-10-21-12/h3-5,7-10H,2,6,11H2,1H3,(H,17,20)(H,18,19). The lowest BCUT2D eigenvalue weighted by molar-refractivity contribution is -0.116. The molecule has 5 nitrogen and oxygen atoms in total. The Labute approximate surface area is 123 Å². The van der Waals surface area contributed by atoms with Crippen molar-refractivity contribution in [2.24, 2.45) is 0 Å². The molecular weight excluding hydrogens is 268 g/mol. The van der Waals surface area contributed by atoms with Gasteiger partial charge in [0.2, 0.25) is 5.91 Å². The first-order chi connectivity index (χ1) is 10.2. The van der Waals surface area contributed by atoms with Crippen LogP contribution >= 0.6 is 0 Å². The first-order valence-electron chi connectivity index (χ1n) is 6.90. The Hall–Kier alpha value is -2.56. The SMILES string of the molecule is CCCC(=O)Nc1ccccc1C(=O)NCc1ccco1. The van der Waals surface area contributed by atoms with Crippen LogP contribution in [0.15, 0.2) is 47.1 Å². The predicted molar refractivity (Wildman–Crippen MR) is 79.9 cm³/mol. The molecular formula is C16H18N2O3. The maximum atomic E-state index is 12.2. The molecule has 0 atom stereocenters. The Morgan fingerprint density at radius 1 is 1.14 bits per heavy atom. The Kier molecular flexibility index (Phi) is 5.15. The molecule has 110 valence electrons. The normalized spacial score (nSPS) is 10.1. The lowest BCUT2D eigenvalue weighted by Gasteiger charge is -2.10. The number of carbonyl (C=O) groups excluding carboxylic acids is 2. The number of furan rings is 1. The third-order valence-corrected chi connectivity index (χ3v) is 2.93. The highest BCUT2D eigenvalue weighted by atomic mass is 16.3. The molecule has 0 aliphatic heterocycles. The second-order valence-corrected chi connectivity index (χ2v) is 4.61. The van der Waals surface area contributed by atoms with Crippen molar-refractivity contribution < 1.29 is 14.0 Å². The van der Waals surface area contributed by atoms with Crippen LogP contribution in [0.3, 0.4) is 0 Å². The van der Waals surface area contributed by atoms with Gasteiger partial charge in [0.15, 0.2) is 0 Å². The highest BCUT2D eigenvalue weighted by Gasteiger charge is 2.12. The number of anilines is 1. The molecule has 2 aromatic rings. The smallest absolute Gasteiger partial charge is 0.253 e. The minimum atomic E-state index is -0.251. The molecule has 0 unspecified atom stereocenters. The number of benzene rings is 1. The topological polar surface area (TPSA) is 71.3 Å². The van der Waals surface area contributed by atoms with Crippen molar-refractivity contribution in [3.05, 3.63) is 54.0 Å². The van der Waals surface area contributed by atoms with E-state index in [-0.39, 0.29) is 11.8 Å². The maximum absolute atomic E-state index is 12.2. The Morgan fingerprint density at radius 3 is 2.67 bits per heavy atom. The molecule has 0 fully saturated rings. The van der Waals surface area contributed by atoms with Crippen molar-refractivity contribution in [3.8, 4) is 0 Å². The molecule has 21 heavy (non-hydrogen) atoms. The quantitative estimate of drug-likeness (QED) is 0.857. The van der Waals surface area contributed by atoms with Crippen LogP contribution in [0.1, 0.15) is 35.9 Å². The van der Waals surface area contributed by atoms with Crippen LogP contribution in [0.5, 0.6) is 0 Å². The van der Waals surface area contributed by atoms with Gasteiger partial charge in [-0.15, -0.1) is 0 Å². The van der Waals surface area contributed by atoms with Crippen LogP contribution in [0.2, 0.25) is 0 Å². The van der Waals surface area contributed by atoms with E-state index in [0.29, 0.717) is 30.0 Å². The zero-order valence-corrected chi connectivity index (χ0v) is 11.9. The van der Waals surface area contributed by atoms with Crippen molar-refractivity contribution in [1.29, 1.82) is 0 Å². The maximum Gasteiger partial charge on any atom is 0.253 e. The number of rotatable bonds is 6. The molecule has 2 amide bonds. The van der Waals surface area contributed by atoms with Crippen molar-refractivity contribution >= 4 is 17.5 Å². The number of hydrogen-bond donors (Lipinski definition) is 2. The van der Waals surface area contributed by atoms with Gasteiger partial charge >= 0.3 is 0 Å². The molecule has 5 heteroatoms. The van der Waals surface area contributed by atoms with E-state index in [9.17, 15) is 9.59 Å². The van der Waals surface area contributed by atoms with Gasteiger partial charge in [-0.3, -0.25) is 9.59 Å². The zero-order valence-electron chi connectivity index (χ0n) is 11.9. The van der Waals surface area contributed by atoms with E-state index in [4.69, 9.17) is 4.42 Å². The van der Waals surface area contributed by atoms with Crippen molar-refractivity contribution in [3.63, 3.8) is 0 Å². The number of carbonyl (C=O) groups is 2. The Morgan fingerprint density at radius 2 is 1.95 bits per heavy atom. The molecule has 0 aliphatic carbocycles. The number of nitrogens with one attached hydrogen (secondary N) is 2. The summed E-state index contributed by atoms with van der Waals surface area (Å²) in [5, 5.41) is 5.53. The predicted octanol–water partition coefficient (Wildman–Crippen LogP) is 2.95. The monoisotopic (exact) mass is 286 g/mol. The first-order valence-corrected chi connectivity index (χ1v) is 6.90. The second kappa shape index (κ2) is 7.28. The third kappa shape index (κ3) is 4.21. The largest absolute Gasteiger partial charge is 0.467 e. The summed E-state index contributed by atoms with van der Waals surface area (Å²) in [4.78, 5) is 23.9. The van der Waals surface area contributed by atoms with Gasteiger partial charge in [-0.1, -0.05) is 19.1 Å². The minimum absolute atomic E-state index is 0.0937. The molecule has 0 aliphatic rings. The molecule has 1 heterocycles. The molecule has 0 saturated heterocycles. The summed E-state index contributed by atoms with van der Waals surface area (Å²) in [5.74, 6) is 0.332. The minimum Gasteiger partial charge on any atom is -0.467 e. The molecule has 0 bridgehead atoms. The summed E-state index contributed by atoms with van der Waals surface area (Å²) in [5.41, 5.74) is 0.960. The van der Waals surface area contributed by atoms with E-state index in [0.717, 1.165) is 6.42 Å². The van der Waals surface area contributed by atoms with Gasteiger partial charge in [-0.25, -0.2) is 0 Å². The van der Waals surface area contributed by atoms with Crippen LogP contribution in [0.25, 0.3) is 0 Å². The highest BCUT2D eigenvalue weighted by molar-refractivity contribution is 6.03. The average Bonchev–Trinajstić information content (AvgIpc) is 2.99. The van der Waals surface area contributed by atoms with Crippen LogP contribution in [-0.4, -0.2) is 11.8 Å². The number of hydrogen-bond acceptors (Lipinski definition) is 3. The molecule has 2 rings (SSSR count). The van der Waals surface area contributed by atoms with Crippen LogP contribution in [0.4, 0.5) is 5.69 Å². The van der Waals surface area contributed by atoms with Gasteiger partial charge in [0.25, 0.3) is 5.91 Å². The van der Waals surface area contributed by atoms with E-state index < -0.39 is 0 Å². The van der Waals surface area contributed by atoms with Crippen molar-refractivity contribution in [1.82, 2.24) is 5.32 Å². The molecule has 2 N–H and O–H groups in total. The van der Waals surface area contributed by atoms with Gasteiger partial charge in [0, 0.05) is 6.42 Å². The summed E-state index contributed by atoms with van der Waals surface area (Å²) in [6.07, 6.45) is 2.75. The van der Waals surface area contributed by atoms with Crippen LogP contribution in [-0.2, 0) is 11.3 Å². The van der Waals surface area contributed by atoms with E-state index in [1.54, 1.807) is 42.7 Å². The summed E-state index contributed by atoms with van der Waals surface area (Å²) >= 11 is 0. The van der Waals surface area contributed by atoms with Gasteiger partial charge in [-0.2, -0.15) is 0 Å². The third-order valence-electron chi connectivity index (χ3n) is 2.93. The average molecular weight is 286 g/mol. The van der Waals surface area contributed by atoms with E-state index in [2.05, 4.69) is 10.6 Å². The summed E-state index contributed by atoms with van der Waals surface area (Å²) in [7, 11) is 0. The fourth-order valence-electron chi connectivity index (χ4n) is 1.91. The van der Waals surface area contributed by atoms with Gasteiger partial charge < -0.3 is 15.1 Å². The fraction of sp³-hybridized carbons (Fsp3) is 0.250. The summed E-state index contributed by atoms with van der Waals surface area (Å²) < 4.78 is 5.16. The molecule has 1 aromatic heterocycles. The van der Waals surface area contributed by atoms with Crippen molar-refractivity contribution in [2.45, 2.75) is 26.3 Å². The second-order valence-electron chi connectivity index (χ2n) is 4.61. The lowest BCUT2D eigenvalue weighted by atomic mass is 10.1. The molecule has 0 saturated carbocycles. The first kappa shape index (κ1) is 14.8. The van der Waals surface area contributed by atoms with E-state index in [1.165, 1.54) is 0 Å². The fourth-order valence-corrected chi connectivity index (χ4v) is 1.91. The summed E-state index contributed by atoms with van der Waals surface area (Å²) in [6, 6.07) is 10.5. The number of para-hydroxylation sites is 1.